The summed E-state index contributed by atoms with van der Waals surface area (Å²) < 4.78 is 3.18. The van der Waals surface area contributed by atoms with Crippen LogP contribution in [0.25, 0.3) is 28.3 Å². The van der Waals surface area contributed by atoms with Crippen LogP contribution in [-0.2, 0) is 4.87 Å². The van der Waals surface area contributed by atoms with E-state index in [-0.39, 0.29) is 5.56 Å². The number of hydrogen-bond acceptors (Lipinski definition) is 7. The van der Waals surface area contributed by atoms with Gasteiger partial charge in [0.25, 0.3) is 5.56 Å². The summed E-state index contributed by atoms with van der Waals surface area (Å²) in [6.07, 6.45) is 7.07. The normalized spacial score (nSPS) is 17.6. The number of nitrogens with one attached hydrogen (secondary N) is 1. The Morgan fingerprint density at radius 2 is 2.06 bits per heavy atom. The highest BCUT2D eigenvalue weighted by Gasteiger charge is 2.49. The molecular weight excluding hydrogens is 448 g/mol. The van der Waals surface area contributed by atoms with Gasteiger partial charge in [-0.2, -0.15) is 10.4 Å². The van der Waals surface area contributed by atoms with E-state index in [4.69, 9.17) is 17.7 Å². The Hall–Kier alpha value is -4.36. The number of nitrogens with zero attached hydrogens (tertiary/aromatic N) is 7. The van der Waals surface area contributed by atoms with E-state index in [1.54, 1.807) is 27.6 Å². The zero-order chi connectivity index (χ0) is 23.4. The lowest BCUT2D eigenvalue weighted by Crippen LogP contribution is -2.57. The standard InChI is InChI=1S/C24H18N8OS/c1-2-15-8-10-31-19(15)22(33)32(17-6-4-3-5-7-17)23(29-31)24(34)9-11-30(24)21-18-16(12-25)13-26-20(18)27-14-28-21/h2-8,10,13-14,34H,1,9,11H2,(H,26,27,28). The van der Waals surface area contributed by atoms with E-state index in [0.717, 1.165) is 0 Å². The van der Waals surface area contributed by atoms with Crippen molar-refractivity contribution in [2.45, 2.75) is 11.3 Å². The fourth-order valence-corrected chi connectivity index (χ4v) is 4.96. The number of aromatic amines is 1. The number of benzene rings is 1. The van der Waals surface area contributed by atoms with Crippen molar-refractivity contribution in [3.8, 4) is 11.8 Å². The smallest absolute Gasteiger partial charge is 0.283 e. The Balaban J connectivity index is 1.63. The largest absolute Gasteiger partial charge is 0.345 e. The van der Waals surface area contributed by atoms with Gasteiger partial charge in [0.15, 0.2) is 5.82 Å². The Labute approximate surface area is 199 Å². The topological polar surface area (TPSA) is 108 Å². The van der Waals surface area contributed by atoms with Gasteiger partial charge in [0.2, 0.25) is 0 Å². The van der Waals surface area contributed by atoms with Crippen molar-refractivity contribution in [1.29, 1.82) is 5.26 Å². The van der Waals surface area contributed by atoms with Crippen LogP contribution in [0.3, 0.4) is 0 Å². The van der Waals surface area contributed by atoms with E-state index >= 15 is 0 Å². The molecule has 166 valence electrons. The molecular formula is C24H18N8OS. The SMILES string of the molecule is C=Cc1ccn2nc(C3(S)CCN3c3ncnc4[nH]cc(C#N)c34)n(-c3ccccc3)c(=O)c12. The summed E-state index contributed by atoms with van der Waals surface area (Å²) in [7, 11) is 0. The van der Waals surface area contributed by atoms with Crippen LogP contribution in [0.5, 0.6) is 0 Å². The Morgan fingerprint density at radius 3 is 2.76 bits per heavy atom. The molecule has 1 N–H and O–H groups in total. The molecule has 0 aliphatic carbocycles. The van der Waals surface area contributed by atoms with Crippen LogP contribution < -0.4 is 10.5 Å². The number of H-pyrrole nitrogens is 1. The highest BCUT2D eigenvalue weighted by molar-refractivity contribution is 7.81. The van der Waals surface area contributed by atoms with E-state index in [0.29, 0.717) is 58.0 Å². The van der Waals surface area contributed by atoms with Crippen molar-refractivity contribution in [1.82, 2.24) is 29.1 Å². The maximum absolute atomic E-state index is 13.8. The van der Waals surface area contributed by atoms with Crippen LogP contribution in [0.2, 0.25) is 0 Å². The van der Waals surface area contributed by atoms with E-state index < -0.39 is 4.87 Å². The maximum atomic E-state index is 13.8. The van der Waals surface area contributed by atoms with Crippen molar-refractivity contribution >= 4 is 41.1 Å². The van der Waals surface area contributed by atoms with Gasteiger partial charge in [-0.05, 0) is 18.2 Å². The Morgan fingerprint density at radius 1 is 1.24 bits per heavy atom. The predicted octanol–water partition coefficient (Wildman–Crippen LogP) is 3.26. The summed E-state index contributed by atoms with van der Waals surface area (Å²) in [5, 5.41) is 15.1. The molecule has 0 amide bonds. The first kappa shape index (κ1) is 20.3. The molecule has 1 fully saturated rings. The lowest BCUT2D eigenvalue weighted by atomic mass is 9.99. The maximum Gasteiger partial charge on any atom is 0.283 e. The summed E-state index contributed by atoms with van der Waals surface area (Å²) in [4.78, 5) is 26.6. The summed E-state index contributed by atoms with van der Waals surface area (Å²) in [6, 6.07) is 13.4. The van der Waals surface area contributed by atoms with E-state index in [1.807, 2.05) is 41.3 Å². The van der Waals surface area contributed by atoms with Crippen molar-refractivity contribution in [3.63, 3.8) is 0 Å². The molecule has 1 unspecified atom stereocenters. The van der Waals surface area contributed by atoms with Crippen LogP contribution in [-0.4, -0.2) is 35.7 Å². The van der Waals surface area contributed by atoms with Gasteiger partial charge in [-0.1, -0.05) is 30.9 Å². The minimum absolute atomic E-state index is 0.219. The Kier molecular flexibility index (Phi) is 4.37. The predicted molar refractivity (Wildman–Crippen MR) is 132 cm³/mol. The third-order valence-corrected chi connectivity index (χ3v) is 6.93. The number of thiol groups is 1. The van der Waals surface area contributed by atoms with Gasteiger partial charge in [-0.25, -0.2) is 14.5 Å². The number of anilines is 1. The van der Waals surface area contributed by atoms with Gasteiger partial charge < -0.3 is 9.88 Å². The van der Waals surface area contributed by atoms with Gasteiger partial charge in [0.05, 0.1) is 16.6 Å². The quantitative estimate of drug-likeness (QED) is 0.394. The summed E-state index contributed by atoms with van der Waals surface area (Å²) in [6.45, 7) is 4.45. The molecule has 9 nitrogen and oxygen atoms in total. The van der Waals surface area contributed by atoms with Crippen molar-refractivity contribution in [2.75, 3.05) is 11.4 Å². The van der Waals surface area contributed by atoms with Crippen LogP contribution in [0.15, 0.2) is 66.5 Å². The van der Waals surface area contributed by atoms with Crippen LogP contribution >= 0.6 is 12.6 Å². The molecule has 0 saturated carbocycles. The van der Waals surface area contributed by atoms with Crippen molar-refractivity contribution in [2.24, 2.45) is 0 Å². The number of rotatable bonds is 4. The second kappa shape index (κ2) is 7.33. The minimum Gasteiger partial charge on any atom is -0.345 e. The highest BCUT2D eigenvalue weighted by atomic mass is 32.1. The first-order chi connectivity index (χ1) is 16.6. The summed E-state index contributed by atoms with van der Waals surface area (Å²) >= 11 is 5.08. The second-order valence-electron chi connectivity index (χ2n) is 8.02. The number of nitriles is 1. The van der Waals surface area contributed by atoms with E-state index in [2.05, 4.69) is 27.6 Å². The van der Waals surface area contributed by atoms with Crippen molar-refractivity contribution in [3.05, 3.63) is 89.0 Å². The van der Waals surface area contributed by atoms with Crippen LogP contribution in [0, 0.1) is 11.3 Å². The third-order valence-electron chi connectivity index (χ3n) is 6.27. The molecule has 6 rings (SSSR count). The number of aromatic nitrogens is 6. The summed E-state index contributed by atoms with van der Waals surface area (Å²) in [5.41, 5.74) is 2.61. The van der Waals surface area contributed by atoms with Crippen molar-refractivity contribution < 1.29 is 0 Å². The zero-order valence-electron chi connectivity index (χ0n) is 17.9. The van der Waals surface area contributed by atoms with Gasteiger partial charge in [0.1, 0.15) is 34.2 Å². The monoisotopic (exact) mass is 466 g/mol. The molecule has 5 aromatic rings. The molecule has 1 atom stereocenters. The molecule has 0 radical (unpaired) electrons. The number of hydrogen-bond donors (Lipinski definition) is 2. The third kappa shape index (κ3) is 2.67. The molecule has 0 spiro atoms. The molecule has 1 aliphatic heterocycles. The molecule has 4 aromatic heterocycles. The van der Waals surface area contributed by atoms with E-state index in [9.17, 15) is 10.1 Å². The fraction of sp³-hybridized carbons (Fsp3) is 0.125. The van der Waals surface area contributed by atoms with Gasteiger partial charge in [0, 0.05) is 30.9 Å². The lowest BCUT2D eigenvalue weighted by molar-refractivity contribution is 0.382. The summed E-state index contributed by atoms with van der Waals surface area (Å²) in [5.74, 6) is 1.02. The molecule has 1 aliphatic rings. The fourth-order valence-electron chi connectivity index (χ4n) is 4.52. The van der Waals surface area contributed by atoms with Gasteiger partial charge in [-0.3, -0.25) is 9.36 Å². The molecule has 5 heterocycles. The lowest BCUT2D eigenvalue weighted by Gasteiger charge is -2.50. The van der Waals surface area contributed by atoms with Gasteiger partial charge in [-0.15, -0.1) is 12.6 Å². The minimum atomic E-state index is -0.951. The molecule has 34 heavy (non-hydrogen) atoms. The highest BCUT2D eigenvalue weighted by Crippen LogP contribution is 2.47. The first-order valence-electron chi connectivity index (χ1n) is 10.6. The average Bonchev–Trinajstić information content (AvgIpc) is 3.48. The second-order valence-corrected chi connectivity index (χ2v) is 8.76. The van der Waals surface area contributed by atoms with Crippen LogP contribution in [0.1, 0.15) is 23.4 Å². The van der Waals surface area contributed by atoms with Crippen LogP contribution in [0.4, 0.5) is 5.82 Å². The molecule has 0 bridgehead atoms. The zero-order valence-corrected chi connectivity index (χ0v) is 18.8. The number of para-hydroxylation sites is 1. The molecule has 1 saturated heterocycles. The first-order valence-corrected chi connectivity index (χ1v) is 11.1. The molecule has 1 aromatic carbocycles. The average molecular weight is 467 g/mol. The molecule has 10 heteroatoms. The van der Waals surface area contributed by atoms with Gasteiger partial charge >= 0.3 is 0 Å². The van der Waals surface area contributed by atoms with E-state index in [1.165, 1.54) is 6.33 Å². The number of fused-ring (bicyclic) bond motifs is 2. The Bertz CT molecular complexity index is 1690.